The van der Waals surface area contributed by atoms with Gasteiger partial charge in [-0.15, -0.1) is 0 Å². The third-order valence-electron chi connectivity index (χ3n) is 3.91. The van der Waals surface area contributed by atoms with Crippen molar-refractivity contribution in [2.24, 2.45) is 5.73 Å². The largest absolute Gasteiger partial charge is 0.323 e. The molecule has 0 saturated heterocycles. The number of rotatable bonds is 8. The van der Waals surface area contributed by atoms with Crippen LogP contribution in [0.25, 0.3) is 0 Å². The van der Waals surface area contributed by atoms with E-state index < -0.39 is 0 Å². The van der Waals surface area contributed by atoms with Crippen molar-refractivity contribution in [2.75, 3.05) is 13.1 Å². The molecule has 1 rings (SSSR count). The van der Waals surface area contributed by atoms with Crippen LogP contribution in [0.15, 0.2) is 24.3 Å². The Morgan fingerprint density at radius 2 is 2.00 bits per heavy atom. The molecule has 2 N–H and O–H groups in total. The summed E-state index contributed by atoms with van der Waals surface area (Å²) in [6, 6.07) is 9.31. The van der Waals surface area contributed by atoms with E-state index in [2.05, 4.69) is 56.9 Å². The van der Waals surface area contributed by atoms with Crippen molar-refractivity contribution in [2.45, 2.75) is 59.0 Å². The Bertz CT molecular complexity index is 362. The predicted octanol–water partition coefficient (Wildman–Crippen LogP) is 3.90. The van der Waals surface area contributed by atoms with Gasteiger partial charge in [-0.25, -0.2) is 0 Å². The van der Waals surface area contributed by atoms with Gasteiger partial charge in [-0.05, 0) is 38.8 Å². The third kappa shape index (κ3) is 5.33. The van der Waals surface area contributed by atoms with Gasteiger partial charge in [-0.1, -0.05) is 50.1 Å². The molecular weight excluding hydrogens is 232 g/mol. The molecule has 0 saturated carbocycles. The number of unbranched alkanes of at least 4 members (excludes halogenated alkanes) is 1. The quantitative estimate of drug-likeness (QED) is 0.770. The lowest BCUT2D eigenvalue weighted by atomic mass is 10.0. The first-order chi connectivity index (χ1) is 9.08. The molecule has 0 fully saturated rings. The smallest absolute Gasteiger partial charge is 0.0424 e. The Hall–Kier alpha value is -0.860. The summed E-state index contributed by atoms with van der Waals surface area (Å²) in [6.07, 6.45) is 3.68. The highest BCUT2D eigenvalue weighted by Gasteiger charge is 2.16. The highest BCUT2D eigenvalue weighted by Crippen LogP contribution is 2.16. The van der Waals surface area contributed by atoms with Gasteiger partial charge in [-0.2, -0.15) is 0 Å². The first-order valence-electron chi connectivity index (χ1n) is 7.64. The number of hydrogen-bond donors (Lipinski definition) is 1. The van der Waals surface area contributed by atoms with E-state index in [-0.39, 0.29) is 6.04 Å². The fourth-order valence-corrected chi connectivity index (χ4v) is 2.37. The van der Waals surface area contributed by atoms with E-state index in [0.29, 0.717) is 6.04 Å². The van der Waals surface area contributed by atoms with Crippen molar-refractivity contribution in [3.05, 3.63) is 35.4 Å². The third-order valence-corrected chi connectivity index (χ3v) is 3.91. The zero-order valence-corrected chi connectivity index (χ0v) is 13.0. The molecule has 0 aliphatic carbocycles. The van der Waals surface area contributed by atoms with Crippen molar-refractivity contribution in [3.63, 3.8) is 0 Å². The highest BCUT2D eigenvalue weighted by atomic mass is 15.2. The Morgan fingerprint density at radius 1 is 1.26 bits per heavy atom. The summed E-state index contributed by atoms with van der Waals surface area (Å²) >= 11 is 0. The van der Waals surface area contributed by atoms with E-state index in [1.165, 1.54) is 30.4 Å². The molecule has 2 heteroatoms. The molecule has 0 bridgehead atoms. The van der Waals surface area contributed by atoms with E-state index >= 15 is 0 Å². The number of nitrogens with two attached hydrogens (primary N) is 1. The second kappa shape index (κ2) is 8.34. The maximum atomic E-state index is 6.39. The van der Waals surface area contributed by atoms with Crippen LogP contribution in [0.4, 0.5) is 0 Å². The van der Waals surface area contributed by atoms with Gasteiger partial charge in [0.15, 0.2) is 0 Å². The van der Waals surface area contributed by atoms with Crippen molar-refractivity contribution in [1.82, 2.24) is 4.90 Å². The zero-order valence-electron chi connectivity index (χ0n) is 13.0. The van der Waals surface area contributed by atoms with Crippen LogP contribution in [-0.4, -0.2) is 24.0 Å². The van der Waals surface area contributed by atoms with Gasteiger partial charge in [0.05, 0.1) is 0 Å². The van der Waals surface area contributed by atoms with Crippen LogP contribution < -0.4 is 5.73 Å². The summed E-state index contributed by atoms with van der Waals surface area (Å²) in [7, 11) is 0. The van der Waals surface area contributed by atoms with Gasteiger partial charge in [0, 0.05) is 18.6 Å². The molecule has 0 heterocycles. The van der Waals surface area contributed by atoms with E-state index in [1.54, 1.807) is 0 Å². The van der Waals surface area contributed by atoms with Crippen LogP contribution in [0, 0.1) is 6.92 Å². The predicted molar refractivity (Wildman–Crippen MR) is 84.3 cm³/mol. The number of nitrogens with zero attached hydrogens (tertiary/aromatic N) is 1. The van der Waals surface area contributed by atoms with E-state index in [1.807, 2.05) is 0 Å². The maximum Gasteiger partial charge on any atom is 0.0424 e. The molecule has 2 nitrogen and oxygen atoms in total. The summed E-state index contributed by atoms with van der Waals surface area (Å²) in [5.41, 5.74) is 8.93. The van der Waals surface area contributed by atoms with Gasteiger partial charge < -0.3 is 5.73 Å². The van der Waals surface area contributed by atoms with Gasteiger partial charge in [-0.3, -0.25) is 4.90 Å². The van der Waals surface area contributed by atoms with Gasteiger partial charge in [0.25, 0.3) is 0 Å². The first kappa shape index (κ1) is 16.2. The Balaban J connectivity index is 2.66. The highest BCUT2D eigenvalue weighted by molar-refractivity contribution is 5.25. The average Bonchev–Trinajstić information content (AvgIpc) is 2.42. The molecule has 0 radical (unpaired) electrons. The monoisotopic (exact) mass is 262 g/mol. The second-order valence-electron chi connectivity index (χ2n) is 5.63. The molecule has 19 heavy (non-hydrogen) atoms. The molecule has 108 valence electrons. The van der Waals surface area contributed by atoms with Crippen LogP contribution in [-0.2, 0) is 0 Å². The summed E-state index contributed by atoms with van der Waals surface area (Å²) in [4.78, 5) is 2.54. The maximum absolute atomic E-state index is 6.39. The minimum atomic E-state index is 0.116. The second-order valence-corrected chi connectivity index (χ2v) is 5.63. The normalized spacial score (nSPS) is 14.6. The fraction of sp³-hybridized carbons (Fsp3) is 0.647. The summed E-state index contributed by atoms with van der Waals surface area (Å²) in [5, 5.41) is 0. The molecule has 0 aromatic heterocycles. The van der Waals surface area contributed by atoms with Crippen LogP contribution in [0.3, 0.4) is 0 Å². The topological polar surface area (TPSA) is 29.3 Å². The van der Waals surface area contributed by atoms with Crippen molar-refractivity contribution in [1.29, 1.82) is 0 Å². The lowest BCUT2D eigenvalue weighted by Crippen LogP contribution is -2.39. The van der Waals surface area contributed by atoms with Gasteiger partial charge in [0.2, 0.25) is 0 Å². The molecule has 0 spiro atoms. The van der Waals surface area contributed by atoms with E-state index in [9.17, 15) is 0 Å². The molecule has 0 amide bonds. The summed E-state index contributed by atoms with van der Waals surface area (Å²) < 4.78 is 0. The van der Waals surface area contributed by atoms with E-state index in [0.717, 1.165) is 13.1 Å². The van der Waals surface area contributed by atoms with Gasteiger partial charge >= 0.3 is 0 Å². The number of aryl methyl sites for hydroxylation is 1. The number of benzene rings is 1. The average molecular weight is 262 g/mol. The lowest BCUT2D eigenvalue weighted by molar-refractivity contribution is 0.189. The first-order valence-corrected chi connectivity index (χ1v) is 7.64. The molecule has 2 unspecified atom stereocenters. The summed E-state index contributed by atoms with van der Waals surface area (Å²) in [5.74, 6) is 0. The minimum absolute atomic E-state index is 0.116. The van der Waals surface area contributed by atoms with Crippen LogP contribution in [0.1, 0.15) is 57.2 Å². The Kier molecular flexibility index (Phi) is 7.11. The molecular formula is C17H30N2. The van der Waals surface area contributed by atoms with Crippen LogP contribution >= 0.6 is 0 Å². The Labute approximate surface area is 119 Å². The van der Waals surface area contributed by atoms with Crippen LogP contribution in [0.5, 0.6) is 0 Å². The molecule has 0 aliphatic rings. The van der Waals surface area contributed by atoms with Gasteiger partial charge in [0.1, 0.15) is 0 Å². The van der Waals surface area contributed by atoms with Crippen molar-refractivity contribution >= 4 is 0 Å². The lowest BCUT2D eigenvalue weighted by Gasteiger charge is -2.31. The van der Waals surface area contributed by atoms with E-state index in [4.69, 9.17) is 5.73 Å². The Morgan fingerprint density at radius 3 is 2.58 bits per heavy atom. The molecule has 2 atom stereocenters. The summed E-state index contributed by atoms with van der Waals surface area (Å²) in [6.45, 7) is 11.0. The van der Waals surface area contributed by atoms with Crippen LogP contribution in [0.2, 0.25) is 0 Å². The van der Waals surface area contributed by atoms with Crippen molar-refractivity contribution < 1.29 is 0 Å². The molecule has 0 aliphatic heterocycles. The minimum Gasteiger partial charge on any atom is -0.323 e. The molecule has 1 aromatic rings. The molecule has 1 aromatic carbocycles. The fourth-order valence-electron chi connectivity index (χ4n) is 2.37. The number of hydrogen-bond acceptors (Lipinski definition) is 2. The zero-order chi connectivity index (χ0) is 14.3. The standard InChI is InChI=1S/C17H30N2/c1-5-7-11-19(15(4)6-2)13-17(18)16-10-8-9-14(3)12-16/h8-10,12,15,17H,5-7,11,13,18H2,1-4H3. The SMILES string of the molecule is CCCCN(CC(N)c1cccc(C)c1)C(C)CC. The van der Waals surface area contributed by atoms with Crippen molar-refractivity contribution in [3.8, 4) is 0 Å².